The largest absolute Gasteiger partial charge is 0.464 e. The van der Waals surface area contributed by atoms with E-state index in [4.69, 9.17) is 4.74 Å². The van der Waals surface area contributed by atoms with Gasteiger partial charge in [-0.2, -0.15) is 5.10 Å². The van der Waals surface area contributed by atoms with Gasteiger partial charge in [0.1, 0.15) is 6.04 Å². The first-order valence-corrected chi connectivity index (χ1v) is 6.73. The van der Waals surface area contributed by atoms with E-state index in [9.17, 15) is 9.59 Å². The number of fused-ring (bicyclic) bond motifs is 1. The fraction of sp³-hybridized carbons (Fsp3) is 0.429. The second-order valence-electron chi connectivity index (χ2n) is 4.76. The SMILES string of the molecule is CCOC(=O)C(C)NC(=O)c1cnc2cc(C)nn2c1C. The Morgan fingerprint density at radius 1 is 1.43 bits per heavy atom. The van der Waals surface area contributed by atoms with Crippen molar-refractivity contribution in [3.05, 3.63) is 29.2 Å². The molecule has 2 rings (SSSR count). The predicted octanol–water partition coefficient (Wildman–Crippen LogP) is 1.03. The number of ether oxygens (including phenoxy) is 1. The zero-order valence-electron chi connectivity index (χ0n) is 12.5. The quantitative estimate of drug-likeness (QED) is 0.850. The van der Waals surface area contributed by atoms with Crippen molar-refractivity contribution in [2.75, 3.05) is 6.61 Å². The van der Waals surface area contributed by atoms with Gasteiger partial charge in [0, 0.05) is 12.3 Å². The van der Waals surface area contributed by atoms with Gasteiger partial charge >= 0.3 is 5.97 Å². The third-order valence-electron chi connectivity index (χ3n) is 3.08. The molecule has 0 aliphatic heterocycles. The van der Waals surface area contributed by atoms with Crippen LogP contribution in [0.4, 0.5) is 0 Å². The molecule has 2 aromatic rings. The number of rotatable bonds is 4. The average molecular weight is 290 g/mol. The molecule has 0 spiro atoms. The number of carbonyl (C=O) groups excluding carboxylic acids is 2. The monoisotopic (exact) mass is 290 g/mol. The third-order valence-corrected chi connectivity index (χ3v) is 3.08. The van der Waals surface area contributed by atoms with E-state index in [1.165, 1.54) is 6.20 Å². The molecule has 2 heterocycles. The van der Waals surface area contributed by atoms with Crippen molar-refractivity contribution in [1.29, 1.82) is 0 Å². The summed E-state index contributed by atoms with van der Waals surface area (Å²) in [5.41, 5.74) is 2.55. The topological polar surface area (TPSA) is 85.6 Å². The summed E-state index contributed by atoms with van der Waals surface area (Å²) in [6.07, 6.45) is 1.49. The highest BCUT2D eigenvalue weighted by Crippen LogP contribution is 2.11. The molecule has 1 unspecified atom stereocenters. The average Bonchev–Trinajstić information content (AvgIpc) is 2.80. The minimum Gasteiger partial charge on any atom is -0.464 e. The first-order chi connectivity index (χ1) is 9.93. The van der Waals surface area contributed by atoms with Gasteiger partial charge in [0.05, 0.1) is 23.6 Å². The van der Waals surface area contributed by atoms with E-state index in [0.29, 0.717) is 16.9 Å². The van der Waals surface area contributed by atoms with E-state index >= 15 is 0 Å². The van der Waals surface area contributed by atoms with Crippen LogP contribution in [0, 0.1) is 13.8 Å². The summed E-state index contributed by atoms with van der Waals surface area (Å²) in [5, 5.41) is 6.88. The highest BCUT2D eigenvalue weighted by molar-refractivity contribution is 5.97. The first kappa shape index (κ1) is 15.0. The minimum absolute atomic E-state index is 0.276. The number of nitrogens with zero attached hydrogens (tertiary/aromatic N) is 3. The van der Waals surface area contributed by atoms with Crippen molar-refractivity contribution in [3.63, 3.8) is 0 Å². The Kier molecular flexibility index (Phi) is 4.21. The van der Waals surface area contributed by atoms with Crippen LogP contribution < -0.4 is 5.32 Å². The molecule has 7 heteroatoms. The molecule has 21 heavy (non-hydrogen) atoms. The van der Waals surface area contributed by atoms with Crippen LogP contribution >= 0.6 is 0 Å². The maximum atomic E-state index is 12.2. The molecule has 0 bridgehead atoms. The zero-order chi connectivity index (χ0) is 15.6. The van der Waals surface area contributed by atoms with E-state index in [1.54, 1.807) is 25.3 Å². The number of carbonyl (C=O) groups is 2. The fourth-order valence-corrected chi connectivity index (χ4v) is 1.99. The molecule has 0 fully saturated rings. The van der Waals surface area contributed by atoms with E-state index in [0.717, 1.165) is 5.69 Å². The van der Waals surface area contributed by atoms with Crippen LogP contribution in [-0.4, -0.2) is 39.1 Å². The molecule has 0 aliphatic rings. The van der Waals surface area contributed by atoms with Crippen LogP contribution in [0.25, 0.3) is 5.65 Å². The van der Waals surface area contributed by atoms with Gasteiger partial charge in [-0.3, -0.25) is 4.79 Å². The second kappa shape index (κ2) is 5.90. The lowest BCUT2D eigenvalue weighted by molar-refractivity contribution is -0.144. The molecule has 1 N–H and O–H groups in total. The standard InChI is InChI=1S/C14H18N4O3/c1-5-21-14(20)9(3)16-13(19)11-7-15-12-6-8(2)17-18(12)10(11)4/h6-7,9H,5H2,1-4H3,(H,16,19). The van der Waals surface area contributed by atoms with E-state index in [-0.39, 0.29) is 12.5 Å². The lowest BCUT2D eigenvalue weighted by atomic mass is 10.2. The number of nitrogens with one attached hydrogen (secondary N) is 1. The van der Waals surface area contributed by atoms with Crippen molar-refractivity contribution in [3.8, 4) is 0 Å². The predicted molar refractivity (Wildman–Crippen MR) is 76.0 cm³/mol. The summed E-state index contributed by atoms with van der Waals surface area (Å²) < 4.78 is 6.47. The molecule has 1 atom stereocenters. The second-order valence-corrected chi connectivity index (χ2v) is 4.76. The number of aromatic nitrogens is 3. The Balaban J connectivity index is 2.23. The van der Waals surface area contributed by atoms with Gasteiger partial charge in [0.25, 0.3) is 5.91 Å². The summed E-state index contributed by atoms with van der Waals surface area (Å²) in [6.45, 7) is 7.21. The molecule has 7 nitrogen and oxygen atoms in total. The van der Waals surface area contributed by atoms with Gasteiger partial charge in [-0.15, -0.1) is 0 Å². The fourth-order valence-electron chi connectivity index (χ4n) is 1.99. The highest BCUT2D eigenvalue weighted by atomic mass is 16.5. The number of hydrogen-bond acceptors (Lipinski definition) is 5. The summed E-state index contributed by atoms with van der Waals surface area (Å²) in [7, 11) is 0. The Morgan fingerprint density at radius 3 is 2.81 bits per heavy atom. The summed E-state index contributed by atoms with van der Waals surface area (Å²) in [6, 6.07) is 1.11. The molecule has 0 aliphatic carbocycles. The number of esters is 1. The van der Waals surface area contributed by atoms with Crippen LogP contribution in [-0.2, 0) is 9.53 Å². The first-order valence-electron chi connectivity index (χ1n) is 6.73. The number of aryl methyl sites for hydroxylation is 2. The van der Waals surface area contributed by atoms with E-state index in [1.807, 2.05) is 13.0 Å². The molecular formula is C14H18N4O3. The summed E-state index contributed by atoms with van der Waals surface area (Å²) >= 11 is 0. The van der Waals surface area contributed by atoms with Crippen molar-refractivity contribution in [2.45, 2.75) is 33.7 Å². The Bertz CT molecular complexity index is 693. The van der Waals surface area contributed by atoms with Gasteiger partial charge in [-0.25, -0.2) is 14.3 Å². The molecule has 2 aromatic heterocycles. The molecule has 1 amide bonds. The minimum atomic E-state index is -0.716. The van der Waals surface area contributed by atoms with Crippen molar-refractivity contribution in [2.24, 2.45) is 0 Å². The molecular weight excluding hydrogens is 272 g/mol. The lowest BCUT2D eigenvalue weighted by Crippen LogP contribution is -2.40. The van der Waals surface area contributed by atoms with Gasteiger partial charge in [-0.05, 0) is 27.7 Å². The molecule has 112 valence electrons. The maximum Gasteiger partial charge on any atom is 0.328 e. The maximum absolute atomic E-state index is 12.2. The van der Waals surface area contributed by atoms with E-state index in [2.05, 4.69) is 15.4 Å². The van der Waals surface area contributed by atoms with Crippen molar-refractivity contribution in [1.82, 2.24) is 19.9 Å². The highest BCUT2D eigenvalue weighted by Gasteiger charge is 2.20. The van der Waals surface area contributed by atoms with Gasteiger partial charge in [0.15, 0.2) is 5.65 Å². The Morgan fingerprint density at radius 2 is 2.14 bits per heavy atom. The third kappa shape index (κ3) is 3.01. The van der Waals surface area contributed by atoms with Gasteiger partial charge in [-0.1, -0.05) is 0 Å². The number of hydrogen-bond donors (Lipinski definition) is 1. The molecule has 0 aromatic carbocycles. The summed E-state index contributed by atoms with van der Waals surface area (Å²) in [4.78, 5) is 28.0. The van der Waals surface area contributed by atoms with Crippen LogP contribution in [0.1, 0.15) is 35.6 Å². The smallest absolute Gasteiger partial charge is 0.328 e. The lowest BCUT2D eigenvalue weighted by Gasteiger charge is -2.13. The van der Waals surface area contributed by atoms with E-state index < -0.39 is 12.0 Å². The number of amides is 1. The Labute approximate surface area is 122 Å². The van der Waals surface area contributed by atoms with Crippen molar-refractivity contribution >= 4 is 17.5 Å². The van der Waals surface area contributed by atoms with Gasteiger partial charge < -0.3 is 10.1 Å². The van der Waals surface area contributed by atoms with Crippen LogP contribution in [0.3, 0.4) is 0 Å². The van der Waals surface area contributed by atoms with Gasteiger partial charge in [0.2, 0.25) is 0 Å². The zero-order valence-corrected chi connectivity index (χ0v) is 12.5. The Hall–Kier alpha value is -2.44. The van der Waals surface area contributed by atoms with Crippen molar-refractivity contribution < 1.29 is 14.3 Å². The van der Waals surface area contributed by atoms with Crippen LogP contribution in [0.2, 0.25) is 0 Å². The molecule has 0 saturated carbocycles. The normalized spacial score (nSPS) is 12.2. The molecule has 0 radical (unpaired) electrons. The van der Waals surface area contributed by atoms with Crippen LogP contribution in [0.15, 0.2) is 12.3 Å². The summed E-state index contributed by atoms with van der Waals surface area (Å²) in [5.74, 6) is -0.844. The molecule has 0 saturated heterocycles. The van der Waals surface area contributed by atoms with Crippen LogP contribution in [0.5, 0.6) is 0 Å².